The van der Waals surface area contributed by atoms with Crippen LogP contribution in [0.2, 0.25) is 5.02 Å². The second kappa shape index (κ2) is 6.53. The SMILES string of the molecule is O=C(NCc1nnnn1-c1cccc(F)c1)c1ccccc1Cl. The van der Waals surface area contributed by atoms with Gasteiger partial charge in [0.2, 0.25) is 0 Å². The van der Waals surface area contributed by atoms with Gasteiger partial charge in [0.25, 0.3) is 5.91 Å². The van der Waals surface area contributed by atoms with Gasteiger partial charge in [0.15, 0.2) is 5.82 Å². The predicted molar refractivity (Wildman–Crippen MR) is 81.7 cm³/mol. The van der Waals surface area contributed by atoms with E-state index in [0.717, 1.165) is 0 Å². The molecule has 6 nitrogen and oxygen atoms in total. The number of carbonyl (C=O) groups excluding carboxylic acids is 1. The molecule has 0 bridgehead atoms. The van der Waals surface area contributed by atoms with E-state index in [-0.39, 0.29) is 12.5 Å². The molecule has 0 aliphatic rings. The van der Waals surface area contributed by atoms with E-state index >= 15 is 0 Å². The first-order valence-corrected chi connectivity index (χ1v) is 7.09. The maximum atomic E-state index is 13.3. The summed E-state index contributed by atoms with van der Waals surface area (Å²) < 4.78 is 14.7. The van der Waals surface area contributed by atoms with E-state index < -0.39 is 5.82 Å². The van der Waals surface area contributed by atoms with E-state index in [1.54, 1.807) is 36.4 Å². The van der Waals surface area contributed by atoms with Crippen molar-refractivity contribution in [1.29, 1.82) is 0 Å². The van der Waals surface area contributed by atoms with Crippen molar-refractivity contribution in [3.05, 3.63) is 70.8 Å². The lowest BCUT2D eigenvalue weighted by molar-refractivity contribution is 0.0950. The quantitative estimate of drug-likeness (QED) is 0.796. The topological polar surface area (TPSA) is 72.7 Å². The van der Waals surface area contributed by atoms with Gasteiger partial charge < -0.3 is 5.32 Å². The molecule has 1 aromatic heterocycles. The molecule has 0 spiro atoms. The fourth-order valence-corrected chi connectivity index (χ4v) is 2.25. The first kappa shape index (κ1) is 15.1. The molecule has 8 heteroatoms. The molecule has 0 unspecified atom stereocenters. The summed E-state index contributed by atoms with van der Waals surface area (Å²) in [4.78, 5) is 12.1. The number of halogens is 2. The van der Waals surface area contributed by atoms with Gasteiger partial charge in [-0.3, -0.25) is 4.79 Å². The Kier molecular flexibility index (Phi) is 4.29. The summed E-state index contributed by atoms with van der Waals surface area (Å²) in [6.07, 6.45) is 0. The fraction of sp³-hybridized carbons (Fsp3) is 0.0667. The number of benzene rings is 2. The van der Waals surface area contributed by atoms with Crippen LogP contribution in [-0.4, -0.2) is 26.1 Å². The molecule has 0 aliphatic heterocycles. The lowest BCUT2D eigenvalue weighted by Crippen LogP contribution is -2.25. The van der Waals surface area contributed by atoms with Crippen molar-refractivity contribution in [2.24, 2.45) is 0 Å². The molecule has 0 saturated carbocycles. The Labute approximate surface area is 135 Å². The first-order chi connectivity index (χ1) is 11.1. The maximum Gasteiger partial charge on any atom is 0.253 e. The lowest BCUT2D eigenvalue weighted by atomic mass is 10.2. The first-order valence-electron chi connectivity index (χ1n) is 6.71. The molecular formula is C15H11ClFN5O. The van der Waals surface area contributed by atoms with E-state index in [9.17, 15) is 9.18 Å². The van der Waals surface area contributed by atoms with Gasteiger partial charge in [-0.15, -0.1) is 5.10 Å². The molecule has 0 fully saturated rings. The summed E-state index contributed by atoms with van der Waals surface area (Å²) in [5, 5.41) is 14.3. The van der Waals surface area contributed by atoms with E-state index in [4.69, 9.17) is 11.6 Å². The highest BCUT2D eigenvalue weighted by Crippen LogP contribution is 2.15. The van der Waals surface area contributed by atoms with Gasteiger partial charge in [0.1, 0.15) is 5.82 Å². The molecule has 2 aromatic carbocycles. The van der Waals surface area contributed by atoms with Crippen LogP contribution < -0.4 is 5.32 Å². The van der Waals surface area contributed by atoms with Crippen LogP contribution in [0.5, 0.6) is 0 Å². The van der Waals surface area contributed by atoms with E-state index in [0.29, 0.717) is 22.1 Å². The molecule has 1 amide bonds. The number of tetrazole rings is 1. The monoisotopic (exact) mass is 331 g/mol. The minimum Gasteiger partial charge on any atom is -0.345 e. The molecular weight excluding hydrogens is 321 g/mol. The average molecular weight is 332 g/mol. The number of rotatable bonds is 4. The van der Waals surface area contributed by atoms with Crippen LogP contribution in [0.1, 0.15) is 16.2 Å². The number of aromatic nitrogens is 4. The minimum absolute atomic E-state index is 0.0770. The van der Waals surface area contributed by atoms with Gasteiger partial charge in [0.05, 0.1) is 22.8 Å². The van der Waals surface area contributed by atoms with Crippen molar-refractivity contribution >= 4 is 17.5 Å². The van der Waals surface area contributed by atoms with Crippen molar-refractivity contribution in [1.82, 2.24) is 25.5 Å². The van der Waals surface area contributed by atoms with Crippen LogP contribution in [0, 0.1) is 5.82 Å². The van der Waals surface area contributed by atoms with E-state index in [1.165, 1.54) is 16.8 Å². The van der Waals surface area contributed by atoms with Crippen LogP contribution in [0.3, 0.4) is 0 Å². The Balaban J connectivity index is 1.76. The largest absolute Gasteiger partial charge is 0.345 e. The van der Waals surface area contributed by atoms with Gasteiger partial charge in [-0.1, -0.05) is 29.8 Å². The summed E-state index contributed by atoms with van der Waals surface area (Å²) in [5.74, 6) is -0.371. The Hall–Kier alpha value is -2.80. The summed E-state index contributed by atoms with van der Waals surface area (Å²) >= 11 is 5.98. The number of hydrogen-bond donors (Lipinski definition) is 1. The molecule has 116 valence electrons. The van der Waals surface area contributed by atoms with Crippen molar-refractivity contribution in [2.45, 2.75) is 6.54 Å². The zero-order valence-corrected chi connectivity index (χ0v) is 12.5. The van der Waals surface area contributed by atoms with Crippen LogP contribution in [-0.2, 0) is 6.54 Å². The molecule has 23 heavy (non-hydrogen) atoms. The highest BCUT2D eigenvalue weighted by molar-refractivity contribution is 6.33. The molecule has 3 rings (SSSR count). The van der Waals surface area contributed by atoms with E-state index in [1.807, 2.05) is 0 Å². The molecule has 0 radical (unpaired) electrons. The Morgan fingerprint density at radius 2 is 2.04 bits per heavy atom. The molecule has 0 saturated heterocycles. The number of nitrogens with one attached hydrogen (secondary N) is 1. The summed E-state index contributed by atoms with van der Waals surface area (Å²) in [7, 11) is 0. The summed E-state index contributed by atoms with van der Waals surface area (Å²) in [6.45, 7) is 0.0770. The highest BCUT2D eigenvalue weighted by atomic mass is 35.5. The fourth-order valence-electron chi connectivity index (χ4n) is 2.02. The number of amides is 1. The molecule has 3 aromatic rings. The van der Waals surface area contributed by atoms with Crippen LogP contribution in [0.15, 0.2) is 48.5 Å². The second-order valence-corrected chi connectivity index (χ2v) is 5.06. The third-order valence-electron chi connectivity index (χ3n) is 3.11. The smallest absolute Gasteiger partial charge is 0.253 e. The zero-order chi connectivity index (χ0) is 16.2. The minimum atomic E-state index is -0.399. The van der Waals surface area contributed by atoms with Crippen molar-refractivity contribution in [3.63, 3.8) is 0 Å². The van der Waals surface area contributed by atoms with Crippen molar-refractivity contribution in [3.8, 4) is 5.69 Å². The van der Waals surface area contributed by atoms with Crippen LogP contribution in [0.4, 0.5) is 4.39 Å². The number of hydrogen-bond acceptors (Lipinski definition) is 4. The van der Waals surface area contributed by atoms with Crippen LogP contribution >= 0.6 is 11.6 Å². The van der Waals surface area contributed by atoms with Gasteiger partial charge in [0, 0.05) is 0 Å². The average Bonchev–Trinajstić information content (AvgIpc) is 3.01. The Morgan fingerprint density at radius 3 is 2.83 bits per heavy atom. The summed E-state index contributed by atoms with van der Waals surface area (Å²) in [5.41, 5.74) is 0.830. The number of carbonyl (C=O) groups is 1. The third kappa shape index (κ3) is 3.35. The van der Waals surface area contributed by atoms with Gasteiger partial charge >= 0.3 is 0 Å². The standard InChI is InChI=1S/C15H11ClFN5O/c16-13-7-2-1-6-12(13)15(23)18-9-14-19-20-21-22(14)11-5-3-4-10(17)8-11/h1-8H,9H2,(H,18,23). The summed E-state index contributed by atoms with van der Waals surface area (Å²) in [6, 6.07) is 12.6. The number of nitrogens with zero attached hydrogens (tertiary/aromatic N) is 4. The van der Waals surface area contributed by atoms with Gasteiger partial charge in [-0.25, -0.2) is 4.39 Å². The zero-order valence-electron chi connectivity index (χ0n) is 11.8. The lowest BCUT2D eigenvalue weighted by Gasteiger charge is -2.07. The second-order valence-electron chi connectivity index (χ2n) is 4.65. The van der Waals surface area contributed by atoms with Gasteiger partial charge in [-0.2, -0.15) is 4.68 Å². The van der Waals surface area contributed by atoms with Gasteiger partial charge in [-0.05, 0) is 40.8 Å². The Morgan fingerprint density at radius 1 is 1.22 bits per heavy atom. The van der Waals surface area contributed by atoms with Crippen molar-refractivity contribution in [2.75, 3.05) is 0 Å². The molecule has 1 N–H and O–H groups in total. The Bertz CT molecular complexity index is 851. The van der Waals surface area contributed by atoms with E-state index in [2.05, 4.69) is 20.8 Å². The van der Waals surface area contributed by atoms with Crippen LogP contribution in [0.25, 0.3) is 5.69 Å². The normalized spacial score (nSPS) is 10.5. The maximum absolute atomic E-state index is 13.3. The molecule has 0 atom stereocenters. The highest BCUT2D eigenvalue weighted by Gasteiger charge is 2.13. The van der Waals surface area contributed by atoms with Crippen molar-refractivity contribution < 1.29 is 9.18 Å². The third-order valence-corrected chi connectivity index (χ3v) is 3.44. The molecule has 0 aliphatic carbocycles. The molecule has 1 heterocycles. The predicted octanol–water partition coefficient (Wildman–Crippen LogP) is 2.38.